The van der Waals surface area contributed by atoms with Crippen LogP contribution in [0, 0.1) is 0 Å². The van der Waals surface area contributed by atoms with Crippen LogP contribution in [0.2, 0.25) is 0 Å². The Morgan fingerprint density at radius 1 is 1.16 bits per heavy atom. The van der Waals surface area contributed by atoms with Crippen LogP contribution in [0.4, 0.5) is 4.79 Å². The zero-order valence-electron chi connectivity index (χ0n) is 11.6. The second kappa shape index (κ2) is 6.22. The van der Waals surface area contributed by atoms with Crippen LogP contribution in [0.15, 0.2) is 30.3 Å². The first kappa shape index (κ1) is 15.0. The standard InChI is InChI=1S/C14H19NO4/c1-10(11-8-6-5-7-9-11)12(16)19-15-13(17)18-14(2,3)4/h5-10H,1-4H3,(H,15,17)/t10-/m0/s1. The van der Waals surface area contributed by atoms with Gasteiger partial charge in [-0.3, -0.25) is 0 Å². The molecule has 0 aliphatic carbocycles. The number of hydrogen-bond donors (Lipinski definition) is 1. The minimum atomic E-state index is -0.791. The second-order valence-corrected chi connectivity index (χ2v) is 5.16. The summed E-state index contributed by atoms with van der Waals surface area (Å²) in [6.07, 6.45) is -0.791. The highest BCUT2D eigenvalue weighted by Gasteiger charge is 2.20. The highest BCUT2D eigenvalue weighted by molar-refractivity contribution is 5.79. The fraction of sp³-hybridized carbons (Fsp3) is 0.429. The molecule has 1 aromatic carbocycles. The van der Waals surface area contributed by atoms with Gasteiger partial charge >= 0.3 is 12.1 Å². The lowest BCUT2D eigenvalue weighted by atomic mass is 10.0. The third-order valence-corrected chi connectivity index (χ3v) is 2.29. The molecule has 0 fully saturated rings. The molecular weight excluding hydrogens is 246 g/mol. The van der Waals surface area contributed by atoms with Crippen molar-refractivity contribution in [2.45, 2.75) is 39.2 Å². The molecule has 0 aromatic heterocycles. The second-order valence-electron chi connectivity index (χ2n) is 5.16. The molecule has 0 spiro atoms. The Morgan fingerprint density at radius 3 is 2.26 bits per heavy atom. The molecule has 0 unspecified atom stereocenters. The van der Waals surface area contributed by atoms with E-state index in [4.69, 9.17) is 9.57 Å². The zero-order valence-corrected chi connectivity index (χ0v) is 11.6. The lowest BCUT2D eigenvalue weighted by molar-refractivity contribution is -0.152. The van der Waals surface area contributed by atoms with Crippen LogP contribution in [-0.2, 0) is 14.4 Å². The lowest BCUT2D eigenvalue weighted by Crippen LogP contribution is -2.34. The topological polar surface area (TPSA) is 64.6 Å². The average Bonchev–Trinajstić information content (AvgIpc) is 2.34. The van der Waals surface area contributed by atoms with Gasteiger partial charge in [-0.05, 0) is 33.3 Å². The van der Waals surface area contributed by atoms with Crippen molar-refractivity contribution in [3.63, 3.8) is 0 Å². The number of hydrogen-bond acceptors (Lipinski definition) is 4. The Hall–Kier alpha value is -2.04. The Labute approximate surface area is 112 Å². The molecule has 0 saturated heterocycles. The predicted octanol–water partition coefficient (Wildman–Crippen LogP) is 2.77. The minimum Gasteiger partial charge on any atom is -0.442 e. The molecule has 0 radical (unpaired) electrons. The molecule has 5 heteroatoms. The summed E-state index contributed by atoms with van der Waals surface area (Å²) in [7, 11) is 0. The van der Waals surface area contributed by atoms with Crippen LogP contribution in [0.3, 0.4) is 0 Å². The number of rotatable bonds is 2. The maximum Gasteiger partial charge on any atom is 0.441 e. The predicted molar refractivity (Wildman–Crippen MR) is 70.3 cm³/mol. The summed E-state index contributed by atoms with van der Waals surface area (Å²) in [5.74, 6) is -1.01. The van der Waals surface area contributed by atoms with Crippen LogP contribution in [0.5, 0.6) is 0 Å². The van der Waals surface area contributed by atoms with Gasteiger partial charge in [-0.1, -0.05) is 30.3 Å². The van der Waals surface area contributed by atoms with Crippen LogP contribution in [0.25, 0.3) is 0 Å². The maximum absolute atomic E-state index is 11.7. The SMILES string of the molecule is C[C@H](C(=O)ONC(=O)OC(C)(C)C)c1ccccc1. The number of benzene rings is 1. The first-order valence-electron chi connectivity index (χ1n) is 6.04. The molecule has 19 heavy (non-hydrogen) atoms. The van der Waals surface area contributed by atoms with E-state index in [9.17, 15) is 9.59 Å². The molecule has 1 aromatic rings. The normalized spacial score (nSPS) is 12.4. The first-order chi connectivity index (χ1) is 8.79. The number of nitrogens with one attached hydrogen (secondary N) is 1. The number of carbonyl (C=O) groups is 2. The van der Waals surface area contributed by atoms with Crippen molar-refractivity contribution in [2.75, 3.05) is 0 Å². The summed E-state index contributed by atoms with van der Waals surface area (Å²) < 4.78 is 4.95. The lowest BCUT2D eigenvalue weighted by Gasteiger charge is -2.19. The molecular formula is C14H19NO4. The molecule has 5 nitrogen and oxygen atoms in total. The monoisotopic (exact) mass is 265 g/mol. The summed E-state index contributed by atoms with van der Waals surface area (Å²) in [5, 5.41) is 0. The van der Waals surface area contributed by atoms with Gasteiger partial charge in [0, 0.05) is 0 Å². The van der Waals surface area contributed by atoms with E-state index in [1.807, 2.05) is 35.8 Å². The van der Waals surface area contributed by atoms with Gasteiger partial charge in [-0.25, -0.2) is 9.59 Å². The smallest absolute Gasteiger partial charge is 0.441 e. The van der Waals surface area contributed by atoms with E-state index in [0.29, 0.717) is 0 Å². The van der Waals surface area contributed by atoms with E-state index in [1.54, 1.807) is 27.7 Å². The van der Waals surface area contributed by atoms with E-state index in [-0.39, 0.29) is 0 Å². The van der Waals surface area contributed by atoms with E-state index in [0.717, 1.165) is 5.56 Å². The van der Waals surface area contributed by atoms with E-state index < -0.39 is 23.6 Å². The summed E-state index contributed by atoms with van der Waals surface area (Å²) in [6, 6.07) is 9.17. The zero-order chi connectivity index (χ0) is 14.5. The van der Waals surface area contributed by atoms with Gasteiger partial charge in [-0.15, -0.1) is 5.48 Å². The van der Waals surface area contributed by atoms with Crippen LogP contribution in [0.1, 0.15) is 39.2 Å². The molecule has 0 aliphatic rings. The van der Waals surface area contributed by atoms with Gasteiger partial charge in [0.1, 0.15) is 5.60 Å². The third kappa shape index (κ3) is 5.42. The van der Waals surface area contributed by atoms with Gasteiger partial charge < -0.3 is 9.57 Å². The van der Waals surface area contributed by atoms with Crippen molar-refractivity contribution in [3.8, 4) is 0 Å². The molecule has 0 heterocycles. The van der Waals surface area contributed by atoms with E-state index in [2.05, 4.69) is 0 Å². The van der Waals surface area contributed by atoms with Crippen LogP contribution in [-0.4, -0.2) is 17.7 Å². The fourth-order valence-electron chi connectivity index (χ4n) is 1.36. The van der Waals surface area contributed by atoms with E-state index >= 15 is 0 Å². The molecule has 1 atom stereocenters. The van der Waals surface area contributed by atoms with Gasteiger partial charge in [0.15, 0.2) is 0 Å². The summed E-state index contributed by atoms with van der Waals surface area (Å²) in [6.45, 7) is 6.87. The minimum absolute atomic E-state index is 0.462. The summed E-state index contributed by atoms with van der Waals surface area (Å²) in [5.41, 5.74) is 2.16. The van der Waals surface area contributed by atoms with Crippen molar-refractivity contribution in [3.05, 3.63) is 35.9 Å². The van der Waals surface area contributed by atoms with E-state index in [1.165, 1.54) is 0 Å². The summed E-state index contributed by atoms with van der Waals surface area (Å²) in [4.78, 5) is 27.7. The van der Waals surface area contributed by atoms with Gasteiger partial charge in [0.2, 0.25) is 0 Å². The summed E-state index contributed by atoms with van der Waals surface area (Å²) >= 11 is 0. The Morgan fingerprint density at radius 2 is 1.74 bits per heavy atom. The Balaban J connectivity index is 2.46. The quantitative estimate of drug-likeness (QED) is 0.835. The molecule has 104 valence electrons. The highest BCUT2D eigenvalue weighted by Crippen LogP contribution is 2.15. The van der Waals surface area contributed by atoms with Crippen molar-refractivity contribution in [1.82, 2.24) is 5.48 Å². The number of hydroxylamine groups is 1. The molecule has 0 saturated carbocycles. The van der Waals surface area contributed by atoms with Crippen molar-refractivity contribution < 1.29 is 19.2 Å². The van der Waals surface area contributed by atoms with Crippen molar-refractivity contribution >= 4 is 12.1 Å². The van der Waals surface area contributed by atoms with Crippen LogP contribution >= 0.6 is 0 Å². The molecule has 0 bridgehead atoms. The van der Waals surface area contributed by atoms with Crippen molar-refractivity contribution in [2.24, 2.45) is 0 Å². The first-order valence-corrected chi connectivity index (χ1v) is 6.04. The number of amides is 1. The molecule has 1 N–H and O–H groups in total. The Bertz CT molecular complexity index is 437. The third-order valence-electron chi connectivity index (χ3n) is 2.29. The maximum atomic E-state index is 11.7. The number of ether oxygens (including phenoxy) is 1. The molecule has 0 aliphatic heterocycles. The van der Waals surface area contributed by atoms with Gasteiger partial charge in [0.25, 0.3) is 0 Å². The average molecular weight is 265 g/mol. The van der Waals surface area contributed by atoms with Crippen molar-refractivity contribution in [1.29, 1.82) is 0 Å². The molecule has 1 rings (SSSR count). The highest BCUT2D eigenvalue weighted by atomic mass is 16.7. The number of carbonyl (C=O) groups excluding carboxylic acids is 2. The largest absolute Gasteiger partial charge is 0.442 e. The Kier molecular flexibility index (Phi) is 4.92. The van der Waals surface area contributed by atoms with Gasteiger partial charge in [0.05, 0.1) is 5.92 Å². The van der Waals surface area contributed by atoms with Gasteiger partial charge in [-0.2, -0.15) is 0 Å². The fourth-order valence-corrected chi connectivity index (χ4v) is 1.36. The van der Waals surface area contributed by atoms with Crippen LogP contribution < -0.4 is 5.48 Å². The molecule has 1 amide bonds.